The van der Waals surface area contributed by atoms with Crippen molar-refractivity contribution in [2.75, 3.05) is 13.2 Å². The van der Waals surface area contributed by atoms with Crippen LogP contribution in [0.5, 0.6) is 0 Å². The van der Waals surface area contributed by atoms with Crippen LogP contribution in [0.1, 0.15) is 63.9 Å². The molecule has 0 bridgehead atoms. The molecule has 0 spiro atoms. The van der Waals surface area contributed by atoms with E-state index in [1.165, 1.54) is 0 Å². The average molecular weight is 585 g/mol. The Morgan fingerprint density at radius 3 is 1.21 bits per heavy atom. The van der Waals surface area contributed by atoms with Crippen LogP contribution in [0.4, 0.5) is 0 Å². The van der Waals surface area contributed by atoms with Crippen molar-refractivity contribution in [2.24, 2.45) is 0 Å². The Bertz CT molecular complexity index is 1640. The molecule has 0 saturated carbocycles. The van der Waals surface area contributed by atoms with Gasteiger partial charge in [-0.15, -0.1) is 0 Å². The van der Waals surface area contributed by atoms with Crippen molar-refractivity contribution in [1.29, 1.82) is 10.5 Å². The van der Waals surface area contributed by atoms with Crippen LogP contribution >= 0.6 is 7.60 Å². The summed E-state index contributed by atoms with van der Waals surface area (Å²) in [5.41, 5.74) is 8.28. The summed E-state index contributed by atoms with van der Waals surface area (Å²) in [7, 11) is -3.16. The van der Waals surface area contributed by atoms with E-state index in [-0.39, 0.29) is 6.16 Å². The Kier molecular flexibility index (Phi) is 11.2. The maximum atomic E-state index is 12.9. The second-order valence-corrected chi connectivity index (χ2v) is 11.8. The highest BCUT2D eigenvalue weighted by molar-refractivity contribution is 7.53. The predicted octanol–water partition coefficient (Wildman–Crippen LogP) is 9.71. The fourth-order valence-corrected chi connectivity index (χ4v) is 6.09. The average Bonchev–Trinajstić information content (AvgIpc) is 3.03. The smallest absolute Gasteiger partial charge is 0.309 e. The van der Waals surface area contributed by atoms with E-state index in [1.54, 1.807) is 0 Å². The van der Waals surface area contributed by atoms with Gasteiger partial charge in [0.25, 0.3) is 0 Å². The fourth-order valence-electron chi connectivity index (χ4n) is 4.39. The van der Waals surface area contributed by atoms with Gasteiger partial charge in [-0.05, 0) is 95.3 Å². The lowest BCUT2D eigenvalue weighted by atomic mass is 10.0. The number of nitrogens with zero attached hydrogens (tertiary/aromatic N) is 2. The second kappa shape index (κ2) is 15.5. The van der Waals surface area contributed by atoms with Crippen LogP contribution < -0.4 is 0 Å². The van der Waals surface area contributed by atoms with Gasteiger partial charge in [0.2, 0.25) is 0 Å². The SMILES string of the molecule is CCOP(=O)(Cc1ccc(/C=C/c2cc(/C=C/c3ccc(C#N)cc3)cc(/C=C/c3ccc(C#N)cc3)c2)cc1)OCC. The zero-order valence-corrected chi connectivity index (χ0v) is 25.2. The van der Waals surface area contributed by atoms with E-state index in [0.29, 0.717) is 24.3 Å². The number of benzene rings is 4. The third-order valence-corrected chi connectivity index (χ3v) is 8.55. The van der Waals surface area contributed by atoms with Crippen LogP contribution in [0, 0.1) is 22.7 Å². The Labute approximate surface area is 254 Å². The molecule has 0 aromatic heterocycles. The minimum Gasteiger partial charge on any atom is -0.309 e. The lowest BCUT2D eigenvalue weighted by molar-refractivity contribution is 0.219. The van der Waals surface area contributed by atoms with Crippen LogP contribution in [0.2, 0.25) is 0 Å². The molecule has 0 aliphatic rings. The molecular weight excluding hydrogens is 551 g/mol. The third kappa shape index (κ3) is 9.64. The van der Waals surface area contributed by atoms with Gasteiger partial charge >= 0.3 is 7.60 Å². The summed E-state index contributed by atoms with van der Waals surface area (Å²) in [6, 6.07) is 33.5. The topological polar surface area (TPSA) is 83.1 Å². The van der Waals surface area contributed by atoms with Crippen molar-refractivity contribution in [1.82, 2.24) is 0 Å². The lowest BCUT2D eigenvalue weighted by Gasteiger charge is -2.16. The van der Waals surface area contributed by atoms with Gasteiger partial charge < -0.3 is 9.05 Å². The number of hydrogen-bond acceptors (Lipinski definition) is 5. The summed E-state index contributed by atoms with van der Waals surface area (Å²) >= 11 is 0. The molecule has 0 saturated heterocycles. The van der Waals surface area contributed by atoms with Gasteiger partial charge in [-0.25, -0.2) is 0 Å². The van der Waals surface area contributed by atoms with E-state index in [4.69, 9.17) is 19.6 Å². The molecule has 4 aromatic rings. The molecule has 0 unspecified atom stereocenters. The monoisotopic (exact) mass is 584 g/mol. The highest BCUT2D eigenvalue weighted by Gasteiger charge is 2.23. The summed E-state index contributed by atoms with van der Waals surface area (Å²) in [6.45, 7) is 4.30. The molecule has 43 heavy (non-hydrogen) atoms. The molecule has 214 valence electrons. The van der Waals surface area contributed by atoms with Crippen LogP contribution in [-0.4, -0.2) is 13.2 Å². The van der Waals surface area contributed by atoms with E-state index >= 15 is 0 Å². The summed E-state index contributed by atoms with van der Waals surface area (Å²) in [4.78, 5) is 0. The third-order valence-electron chi connectivity index (χ3n) is 6.49. The van der Waals surface area contributed by atoms with E-state index in [1.807, 2.05) is 105 Å². The van der Waals surface area contributed by atoms with Crippen molar-refractivity contribution in [3.05, 3.63) is 141 Å². The highest BCUT2D eigenvalue weighted by Crippen LogP contribution is 2.51. The Morgan fingerprint density at radius 2 is 0.884 bits per heavy atom. The van der Waals surface area contributed by atoms with Gasteiger partial charge in [0.05, 0.1) is 42.6 Å². The molecule has 4 aromatic carbocycles. The Balaban J connectivity index is 1.58. The molecule has 0 N–H and O–H groups in total. The summed E-state index contributed by atoms with van der Waals surface area (Å²) in [5.74, 6) is 0. The normalized spacial score (nSPS) is 11.7. The Hall–Kier alpha value is -4.77. The lowest BCUT2D eigenvalue weighted by Crippen LogP contribution is -1.99. The van der Waals surface area contributed by atoms with Crippen molar-refractivity contribution < 1.29 is 13.6 Å². The van der Waals surface area contributed by atoms with Crippen LogP contribution in [0.25, 0.3) is 36.5 Å². The first-order chi connectivity index (χ1) is 20.9. The molecule has 0 aliphatic carbocycles. The van der Waals surface area contributed by atoms with Crippen LogP contribution in [0.3, 0.4) is 0 Å². The molecule has 0 radical (unpaired) electrons. The molecule has 0 fully saturated rings. The molecule has 5 nitrogen and oxygen atoms in total. The largest absolute Gasteiger partial charge is 0.335 e. The predicted molar refractivity (Wildman–Crippen MR) is 177 cm³/mol. The minimum absolute atomic E-state index is 0.237. The van der Waals surface area contributed by atoms with E-state index in [2.05, 4.69) is 48.6 Å². The van der Waals surface area contributed by atoms with Gasteiger partial charge in [-0.2, -0.15) is 10.5 Å². The molecule has 0 atom stereocenters. The van der Waals surface area contributed by atoms with E-state index < -0.39 is 7.60 Å². The molecule has 0 heterocycles. The fraction of sp³-hybridized carbons (Fsp3) is 0.135. The summed E-state index contributed by atoms with van der Waals surface area (Å²) in [5, 5.41) is 18.1. The van der Waals surface area contributed by atoms with Gasteiger partial charge in [-0.3, -0.25) is 4.57 Å². The summed E-state index contributed by atoms with van der Waals surface area (Å²) < 4.78 is 23.8. The van der Waals surface area contributed by atoms with Crippen molar-refractivity contribution in [3.8, 4) is 12.1 Å². The number of nitriles is 2. The molecular formula is C37H33N2O3P. The van der Waals surface area contributed by atoms with Crippen LogP contribution in [-0.2, 0) is 19.8 Å². The number of rotatable bonds is 12. The second-order valence-electron chi connectivity index (χ2n) is 9.75. The number of hydrogen-bond donors (Lipinski definition) is 0. The first-order valence-electron chi connectivity index (χ1n) is 14.1. The summed E-state index contributed by atoms with van der Waals surface area (Å²) in [6.07, 6.45) is 12.5. The minimum atomic E-state index is -3.16. The van der Waals surface area contributed by atoms with E-state index in [0.717, 1.165) is 38.9 Å². The van der Waals surface area contributed by atoms with Crippen molar-refractivity contribution in [3.63, 3.8) is 0 Å². The molecule has 6 heteroatoms. The molecule has 0 amide bonds. The van der Waals surface area contributed by atoms with Gasteiger partial charge in [-0.1, -0.05) is 85.0 Å². The van der Waals surface area contributed by atoms with Gasteiger partial charge in [0, 0.05) is 0 Å². The quantitative estimate of drug-likeness (QED) is 0.122. The van der Waals surface area contributed by atoms with Gasteiger partial charge in [0.1, 0.15) is 0 Å². The zero-order valence-electron chi connectivity index (χ0n) is 24.3. The molecule has 4 rings (SSSR count). The zero-order chi connectivity index (χ0) is 30.5. The first kappa shape index (κ1) is 31.2. The first-order valence-corrected chi connectivity index (χ1v) is 15.8. The highest BCUT2D eigenvalue weighted by atomic mass is 31.2. The molecule has 0 aliphatic heterocycles. The van der Waals surface area contributed by atoms with Crippen molar-refractivity contribution >= 4 is 44.1 Å². The standard InChI is InChI=1S/C37H33N2O3P/c1-3-41-43(40,42-4-2)28-34-18-9-31(10-19-34)13-22-37-24-35(20-11-29-5-14-32(26-38)15-6-29)23-36(25-37)21-12-30-7-16-33(27-39)17-8-30/h5-25H,3-4,28H2,1-2H3/b20-11+,21-12+,22-13+. The van der Waals surface area contributed by atoms with Crippen LogP contribution in [0.15, 0.2) is 91.0 Å². The maximum Gasteiger partial charge on any atom is 0.335 e. The van der Waals surface area contributed by atoms with E-state index in [9.17, 15) is 4.57 Å². The maximum absolute atomic E-state index is 12.9. The van der Waals surface area contributed by atoms with Crippen molar-refractivity contribution in [2.45, 2.75) is 20.0 Å². The Morgan fingerprint density at radius 1 is 0.558 bits per heavy atom. The van der Waals surface area contributed by atoms with Gasteiger partial charge in [0.15, 0.2) is 0 Å².